The minimum atomic E-state index is -0.200. The Kier molecular flexibility index (Phi) is 2.26. The van der Waals surface area contributed by atoms with E-state index in [1.54, 1.807) is 0 Å². The molecule has 0 aliphatic carbocycles. The maximum Gasteiger partial charge on any atom is 0.124 e. The van der Waals surface area contributed by atoms with E-state index in [4.69, 9.17) is 5.26 Å². The van der Waals surface area contributed by atoms with Crippen LogP contribution in [0.25, 0.3) is 11.0 Å². The summed E-state index contributed by atoms with van der Waals surface area (Å²) in [6.07, 6.45) is 0. The zero-order valence-electron chi connectivity index (χ0n) is 7.58. The Morgan fingerprint density at radius 2 is 2.36 bits per heavy atom. The van der Waals surface area contributed by atoms with Crippen molar-refractivity contribution in [3.8, 4) is 6.07 Å². The Hall–Kier alpha value is -1.34. The average Bonchev–Trinajstić information content (AvgIpc) is 2.62. The third kappa shape index (κ3) is 1.40. The lowest BCUT2D eigenvalue weighted by atomic mass is 10.2. The number of halogens is 1. The van der Waals surface area contributed by atoms with Crippen molar-refractivity contribution in [2.24, 2.45) is 0 Å². The molecule has 0 saturated carbocycles. The number of hydrogen-bond donors (Lipinski definition) is 1. The van der Waals surface area contributed by atoms with Gasteiger partial charge in [0.1, 0.15) is 17.3 Å². The number of hydrogen-bond acceptors (Lipinski definition) is 2. The largest absolute Gasteiger partial charge is 0.341 e. The van der Waals surface area contributed by atoms with Crippen molar-refractivity contribution >= 4 is 27.0 Å². The van der Waals surface area contributed by atoms with Gasteiger partial charge in [0.2, 0.25) is 0 Å². The molecule has 0 spiro atoms. The summed E-state index contributed by atoms with van der Waals surface area (Å²) in [5.74, 6) is 0.517. The van der Waals surface area contributed by atoms with E-state index >= 15 is 0 Å². The molecule has 0 aliphatic heterocycles. The molecule has 70 valence electrons. The van der Waals surface area contributed by atoms with Gasteiger partial charge in [-0.2, -0.15) is 5.26 Å². The van der Waals surface area contributed by atoms with E-state index in [0.717, 1.165) is 21.3 Å². The highest BCUT2D eigenvalue weighted by molar-refractivity contribution is 9.10. The van der Waals surface area contributed by atoms with Crippen molar-refractivity contribution in [2.45, 2.75) is 12.8 Å². The number of fused-ring (bicyclic) bond motifs is 1. The van der Waals surface area contributed by atoms with Gasteiger partial charge in [0.25, 0.3) is 0 Å². The molecule has 1 unspecified atom stereocenters. The zero-order valence-corrected chi connectivity index (χ0v) is 9.17. The first kappa shape index (κ1) is 9.22. The molecule has 0 amide bonds. The Bertz CT molecular complexity index is 510. The van der Waals surface area contributed by atoms with Crippen LogP contribution >= 0.6 is 15.9 Å². The summed E-state index contributed by atoms with van der Waals surface area (Å²) in [7, 11) is 0. The lowest BCUT2D eigenvalue weighted by Crippen LogP contribution is -1.91. The van der Waals surface area contributed by atoms with Gasteiger partial charge in [-0.1, -0.05) is 6.07 Å². The van der Waals surface area contributed by atoms with Gasteiger partial charge in [-0.15, -0.1) is 0 Å². The number of aromatic nitrogens is 2. The fraction of sp³-hybridized carbons (Fsp3) is 0.200. The summed E-state index contributed by atoms with van der Waals surface area (Å²) in [5.41, 5.74) is 1.83. The standard InChI is InChI=1S/C10H8BrN3/c1-6(5-12)10-13-8-4-2-3-7(11)9(8)14-10/h2-4,6H,1H3,(H,13,14). The number of para-hydroxylation sites is 1. The first-order chi connectivity index (χ1) is 6.72. The van der Waals surface area contributed by atoms with Crippen molar-refractivity contribution in [3.63, 3.8) is 0 Å². The molecule has 1 aromatic heterocycles. The second kappa shape index (κ2) is 3.43. The molecule has 2 aromatic rings. The minimum absolute atomic E-state index is 0.200. The first-order valence-electron chi connectivity index (χ1n) is 4.26. The Morgan fingerprint density at radius 3 is 3.00 bits per heavy atom. The van der Waals surface area contributed by atoms with Crippen molar-refractivity contribution < 1.29 is 0 Å². The summed E-state index contributed by atoms with van der Waals surface area (Å²) >= 11 is 3.42. The molecule has 0 radical (unpaired) electrons. The highest BCUT2D eigenvalue weighted by Crippen LogP contribution is 2.23. The van der Waals surface area contributed by atoms with E-state index in [-0.39, 0.29) is 5.92 Å². The highest BCUT2D eigenvalue weighted by Gasteiger charge is 2.10. The van der Waals surface area contributed by atoms with E-state index in [1.807, 2.05) is 25.1 Å². The van der Waals surface area contributed by atoms with E-state index in [2.05, 4.69) is 32.0 Å². The fourth-order valence-electron chi connectivity index (χ4n) is 1.28. The van der Waals surface area contributed by atoms with Crippen LogP contribution in [0.3, 0.4) is 0 Å². The van der Waals surface area contributed by atoms with Crippen LogP contribution in [-0.4, -0.2) is 9.97 Å². The molecule has 0 saturated heterocycles. The number of H-pyrrole nitrogens is 1. The molecule has 0 aliphatic rings. The third-order valence-electron chi connectivity index (χ3n) is 2.09. The van der Waals surface area contributed by atoms with Crippen LogP contribution in [0, 0.1) is 11.3 Å². The summed E-state index contributed by atoms with van der Waals surface area (Å²) in [6, 6.07) is 7.97. The minimum Gasteiger partial charge on any atom is -0.341 e. The van der Waals surface area contributed by atoms with Gasteiger partial charge in [0.15, 0.2) is 0 Å². The molecule has 1 heterocycles. The number of nitrogens with zero attached hydrogens (tertiary/aromatic N) is 2. The summed E-state index contributed by atoms with van der Waals surface area (Å²) < 4.78 is 0.947. The molecule has 1 N–H and O–H groups in total. The third-order valence-corrected chi connectivity index (χ3v) is 2.73. The van der Waals surface area contributed by atoms with Gasteiger partial charge in [-0.05, 0) is 35.0 Å². The van der Waals surface area contributed by atoms with Crippen LogP contribution in [0.1, 0.15) is 18.7 Å². The highest BCUT2D eigenvalue weighted by atomic mass is 79.9. The van der Waals surface area contributed by atoms with Crippen LogP contribution in [0.5, 0.6) is 0 Å². The Morgan fingerprint density at radius 1 is 1.57 bits per heavy atom. The monoisotopic (exact) mass is 249 g/mol. The Labute approximate surface area is 89.9 Å². The van der Waals surface area contributed by atoms with E-state index in [9.17, 15) is 0 Å². The first-order valence-corrected chi connectivity index (χ1v) is 5.05. The number of imidazole rings is 1. The SMILES string of the molecule is CC(C#N)c1nc2c(Br)cccc2[nH]1. The molecule has 4 heteroatoms. The van der Waals surface area contributed by atoms with Crippen LogP contribution < -0.4 is 0 Å². The molecule has 1 atom stereocenters. The van der Waals surface area contributed by atoms with Gasteiger partial charge in [-0.3, -0.25) is 0 Å². The molecular formula is C10H8BrN3. The molecule has 0 bridgehead atoms. The summed E-state index contributed by atoms with van der Waals surface area (Å²) in [4.78, 5) is 7.48. The fourth-order valence-corrected chi connectivity index (χ4v) is 1.74. The summed E-state index contributed by atoms with van der Waals surface area (Å²) in [5, 5.41) is 8.76. The van der Waals surface area contributed by atoms with Gasteiger partial charge in [0, 0.05) is 4.47 Å². The second-order valence-electron chi connectivity index (χ2n) is 3.11. The lowest BCUT2D eigenvalue weighted by molar-refractivity contribution is 0.891. The molecule has 3 nitrogen and oxygen atoms in total. The smallest absolute Gasteiger partial charge is 0.124 e. The lowest BCUT2D eigenvalue weighted by Gasteiger charge is -1.92. The number of nitriles is 1. The van der Waals surface area contributed by atoms with E-state index < -0.39 is 0 Å². The van der Waals surface area contributed by atoms with Crippen molar-refractivity contribution in [1.82, 2.24) is 9.97 Å². The molecular weight excluding hydrogens is 242 g/mol. The van der Waals surface area contributed by atoms with Crippen LogP contribution in [0.15, 0.2) is 22.7 Å². The molecule has 2 rings (SSSR count). The van der Waals surface area contributed by atoms with Crippen molar-refractivity contribution in [1.29, 1.82) is 5.26 Å². The molecule has 1 aromatic carbocycles. The molecule has 14 heavy (non-hydrogen) atoms. The van der Waals surface area contributed by atoms with Crippen molar-refractivity contribution in [2.75, 3.05) is 0 Å². The maximum absolute atomic E-state index is 8.76. The number of rotatable bonds is 1. The average molecular weight is 250 g/mol. The van der Waals surface area contributed by atoms with E-state index in [0.29, 0.717) is 0 Å². The second-order valence-corrected chi connectivity index (χ2v) is 3.96. The predicted molar refractivity (Wildman–Crippen MR) is 57.8 cm³/mol. The Balaban J connectivity index is 2.64. The van der Waals surface area contributed by atoms with Gasteiger partial charge in [0.05, 0.1) is 11.6 Å². The topological polar surface area (TPSA) is 52.5 Å². The number of benzene rings is 1. The summed E-state index contributed by atoms with van der Waals surface area (Å²) in [6.45, 7) is 1.83. The van der Waals surface area contributed by atoms with Crippen LogP contribution in [0.2, 0.25) is 0 Å². The van der Waals surface area contributed by atoms with Gasteiger partial charge >= 0.3 is 0 Å². The van der Waals surface area contributed by atoms with Crippen LogP contribution in [-0.2, 0) is 0 Å². The van der Waals surface area contributed by atoms with Crippen molar-refractivity contribution in [3.05, 3.63) is 28.5 Å². The molecule has 0 fully saturated rings. The van der Waals surface area contributed by atoms with E-state index in [1.165, 1.54) is 0 Å². The quantitative estimate of drug-likeness (QED) is 0.845. The number of nitrogens with one attached hydrogen (secondary N) is 1. The predicted octanol–water partition coefficient (Wildman–Crippen LogP) is 2.95. The normalized spacial score (nSPS) is 12.6. The van der Waals surface area contributed by atoms with Gasteiger partial charge < -0.3 is 4.98 Å². The zero-order chi connectivity index (χ0) is 10.1. The van der Waals surface area contributed by atoms with Crippen LogP contribution in [0.4, 0.5) is 0 Å². The number of aromatic amines is 1. The van der Waals surface area contributed by atoms with Gasteiger partial charge in [-0.25, -0.2) is 4.98 Å². The maximum atomic E-state index is 8.76.